The Morgan fingerprint density at radius 1 is 1.32 bits per heavy atom. The zero-order chi connectivity index (χ0) is 18.0. The van der Waals surface area contributed by atoms with E-state index in [0.717, 1.165) is 0 Å². The second kappa shape index (κ2) is 7.13. The van der Waals surface area contributed by atoms with E-state index in [-0.39, 0.29) is 17.8 Å². The van der Waals surface area contributed by atoms with Gasteiger partial charge in [-0.25, -0.2) is 4.98 Å². The molecule has 3 heterocycles. The number of amides is 1. The largest absolute Gasteiger partial charge is 0.493 e. The monoisotopic (exact) mass is 345 g/mol. The first-order valence-corrected chi connectivity index (χ1v) is 8.54. The summed E-state index contributed by atoms with van der Waals surface area (Å²) in [6.45, 7) is 5.10. The number of aromatic nitrogens is 2. The molecule has 0 aliphatic carbocycles. The number of imidazole rings is 1. The van der Waals surface area contributed by atoms with Gasteiger partial charge in [0.2, 0.25) is 0 Å². The molecule has 0 bridgehead atoms. The molecule has 0 radical (unpaired) electrons. The van der Waals surface area contributed by atoms with E-state index in [1.807, 2.05) is 25.3 Å². The first kappa shape index (κ1) is 17.3. The molecule has 2 aromatic rings. The van der Waals surface area contributed by atoms with Crippen LogP contribution in [0.4, 0.5) is 0 Å². The van der Waals surface area contributed by atoms with Gasteiger partial charge in [-0.2, -0.15) is 0 Å². The van der Waals surface area contributed by atoms with Crippen LogP contribution in [0.2, 0.25) is 0 Å². The van der Waals surface area contributed by atoms with Crippen molar-refractivity contribution in [2.45, 2.75) is 26.7 Å². The third-order valence-electron chi connectivity index (χ3n) is 4.61. The third-order valence-corrected chi connectivity index (χ3v) is 4.61. The molecule has 1 aliphatic rings. The fourth-order valence-electron chi connectivity index (χ4n) is 3.30. The number of hydrogen-bond donors (Lipinski definition) is 0. The summed E-state index contributed by atoms with van der Waals surface area (Å²) >= 11 is 0. The Hall–Kier alpha value is -2.57. The molecule has 1 amide bonds. The van der Waals surface area contributed by atoms with Crippen molar-refractivity contribution in [2.24, 2.45) is 5.92 Å². The van der Waals surface area contributed by atoms with E-state index in [4.69, 9.17) is 9.47 Å². The molecule has 0 aromatic carbocycles. The fraction of sp³-hybridized carbons (Fsp3) is 0.500. The normalized spacial score (nSPS) is 15.4. The quantitative estimate of drug-likeness (QED) is 0.793. The van der Waals surface area contributed by atoms with Crippen LogP contribution in [-0.2, 0) is 9.53 Å². The number of methoxy groups -OCH3 is 1. The highest BCUT2D eigenvalue weighted by molar-refractivity contribution is 5.95. The van der Waals surface area contributed by atoms with E-state index in [1.54, 1.807) is 23.3 Å². The molecule has 0 saturated carbocycles. The molecular formula is C18H23N3O4. The van der Waals surface area contributed by atoms with Crippen molar-refractivity contribution in [3.63, 3.8) is 0 Å². The van der Waals surface area contributed by atoms with Gasteiger partial charge in [0.1, 0.15) is 5.69 Å². The topological polar surface area (TPSA) is 73.1 Å². The molecule has 2 aromatic heterocycles. The van der Waals surface area contributed by atoms with Gasteiger partial charge in [0, 0.05) is 19.3 Å². The zero-order valence-electron chi connectivity index (χ0n) is 14.8. The van der Waals surface area contributed by atoms with Crippen molar-refractivity contribution in [2.75, 3.05) is 26.8 Å². The summed E-state index contributed by atoms with van der Waals surface area (Å²) < 4.78 is 12.2. The van der Waals surface area contributed by atoms with E-state index >= 15 is 0 Å². The van der Waals surface area contributed by atoms with Gasteiger partial charge in [-0.3, -0.25) is 14.0 Å². The molecule has 1 fully saturated rings. The molecule has 25 heavy (non-hydrogen) atoms. The molecule has 1 saturated heterocycles. The Morgan fingerprint density at radius 3 is 2.68 bits per heavy atom. The van der Waals surface area contributed by atoms with Gasteiger partial charge in [0.15, 0.2) is 11.4 Å². The number of aryl methyl sites for hydroxylation is 1. The number of likely N-dealkylation sites (tertiary alicyclic amines) is 1. The van der Waals surface area contributed by atoms with Gasteiger partial charge in [0.25, 0.3) is 5.91 Å². The van der Waals surface area contributed by atoms with E-state index < -0.39 is 0 Å². The summed E-state index contributed by atoms with van der Waals surface area (Å²) in [5, 5.41) is 0. The summed E-state index contributed by atoms with van der Waals surface area (Å²) in [4.78, 5) is 31.1. The second-order valence-electron chi connectivity index (χ2n) is 6.13. The van der Waals surface area contributed by atoms with Crippen LogP contribution in [0.5, 0.6) is 5.75 Å². The number of carbonyl (C=O) groups is 2. The van der Waals surface area contributed by atoms with E-state index in [0.29, 0.717) is 55.3 Å². The lowest BCUT2D eigenvalue weighted by Gasteiger charge is -2.30. The number of hydrogen-bond acceptors (Lipinski definition) is 5. The summed E-state index contributed by atoms with van der Waals surface area (Å²) in [5.41, 5.74) is 1.85. The minimum atomic E-state index is -0.162. The summed E-state index contributed by atoms with van der Waals surface area (Å²) in [6, 6.07) is 3.65. The minimum Gasteiger partial charge on any atom is -0.493 e. The Morgan fingerprint density at radius 2 is 2.04 bits per heavy atom. The molecule has 0 unspecified atom stereocenters. The van der Waals surface area contributed by atoms with E-state index in [1.165, 1.54) is 0 Å². The van der Waals surface area contributed by atoms with Crippen LogP contribution in [0.15, 0.2) is 18.3 Å². The lowest BCUT2D eigenvalue weighted by molar-refractivity contribution is -0.149. The molecule has 0 spiro atoms. The summed E-state index contributed by atoms with van der Waals surface area (Å²) in [7, 11) is 1.58. The Bertz CT molecular complexity index is 791. The van der Waals surface area contributed by atoms with Crippen molar-refractivity contribution in [3.05, 3.63) is 29.7 Å². The first-order valence-electron chi connectivity index (χ1n) is 8.54. The standard InChI is InChI=1S/C18H23N3O4/c1-4-25-18(23)13-7-10-20(11-8-13)17(22)15-12(2)19-16-14(24-3)6-5-9-21(15)16/h5-6,9,13H,4,7-8,10-11H2,1-3H3. The Labute approximate surface area is 146 Å². The number of esters is 1. The molecule has 0 N–H and O–H groups in total. The molecule has 7 nitrogen and oxygen atoms in total. The van der Waals surface area contributed by atoms with Gasteiger partial charge in [-0.15, -0.1) is 0 Å². The molecule has 1 aliphatic heterocycles. The van der Waals surface area contributed by atoms with Crippen LogP contribution in [-0.4, -0.2) is 53.0 Å². The van der Waals surface area contributed by atoms with Crippen LogP contribution in [0.1, 0.15) is 35.9 Å². The smallest absolute Gasteiger partial charge is 0.309 e. The Kier molecular flexibility index (Phi) is 4.92. The lowest BCUT2D eigenvalue weighted by Crippen LogP contribution is -2.41. The highest BCUT2D eigenvalue weighted by Gasteiger charge is 2.30. The average Bonchev–Trinajstić information content (AvgIpc) is 2.97. The number of piperidine rings is 1. The van der Waals surface area contributed by atoms with Gasteiger partial charge in [-0.05, 0) is 38.8 Å². The maximum absolute atomic E-state index is 13.0. The second-order valence-corrected chi connectivity index (χ2v) is 6.13. The van der Waals surface area contributed by atoms with Gasteiger partial charge < -0.3 is 14.4 Å². The minimum absolute atomic E-state index is 0.0689. The van der Waals surface area contributed by atoms with Crippen molar-refractivity contribution in [1.82, 2.24) is 14.3 Å². The van der Waals surface area contributed by atoms with Crippen LogP contribution < -0.4 is 4.74 Å². The number of fused-ring (bicyclic) bond motifs is 1. The maximum atomic E-state index is 13.0. The molecule has 0 atom stereocenters. The first-order chi connectivity index (χ1) is 12.1. The number of pyridine rings is 1. The predicted octanol–water partition coefficient (Wildman–Crippen LogP) is 2.07. The van der Waals surface area contributed by atoms with Crippen molar-refractivity contribution >= 4 is 17.5 Å². The molecule has 134 valence electrons. The highest BCUT2D eigenvalue weighted by Crippen LogP contribution is 2.25. The average molecular weight is 345 g/mol. The summed E-state index contributed by atoms with van der Waals surface area (Å²) in [5.74, 6) is 0.281. The van der Waals surface area contributed by atoms with Crippen molar-refractivity contribution < 1.29 is 19.1 Å². The zero-order valence-corrected chi connectivity index (χ0v) is 14.8. The number of ether oxygens (including phenoxy) is 2. The van der Waals surface area contributed by atoms with Crippen molar-refractivity contribution in [1.29, 1.82) is 0 Å². The summed E-state index contributed by atoms with van der Waals surface area (Å²) in [6.07, 6.45) is 3.07. The van der Waals surface area contributed by atoms with Crippen LogP contribution in [0.25, 0.3) is 5.65 Å². The van der Waals surface area contributed by atoms with Gasteiger partial charge >= 0.3 is 5.97 Å². The van der Waals surface area contributed by atoms with Gasteiger partial charge in [-0.1, -0.05) is 0 Å². The maximum Gasteiger partial charge on any atom is 0.309 e. The fourth-order valence-corrected chi connectivity index (χ4v) is 3.30. The predicted molar refractivity (Wildman–Crippen MR) is 91.7 cm³/mol. The number of carbonyl (C=O) groups excluding carboxylic acids is 2. The molecule has 3 rings (SSSR count). The SMILES string of the molecule is CCOC(=O)C1CCN(C(=O)c2c(C)nc3c(OC)cccn23)CC1. The van der Waals surface area contributed by atoms with Crippen LogP contribution >= 0.6 is 0 Å². The number of rotatable bonds is 4. The number of nitrogens with zero attached hydrogens (tertiary/aromatic N) is 3. The van der Waals surface area contributed by atoms with Crippen LogP contribution in [0, 0.1) is 12.8 Å². The van der Waals surface area contributed by atoms with Crippen LogP contribution in [0.3, 0.4) is 0 Å². The molecular weight excluding hydrogens is 322 g/mol. The third kappa shape index (κ3) is 3.18. The van der Waals surface area contributed by atoms with E-state index in [2.05, 4.69) is 4.98 Å². The molecule has 7 heteroatoms. The van der Waals surface area contributed by atoms with Gasteiger partial charge in [0.05, 0.1) is 25.3 Å². The van der Waals surface area contributed by atoms with Crippen molar-refractivity contribution in [3.8, 4) is 5.75 Å². The Balaban J connectivity index is 1.80. The van der Waals surface area contributed by atoms with E-state index in [9.17, 15) is 9.59 Å². The highest BCUT2D eigenvalue weighted by atomic mass is 16.5. The lowest BCUT2D eigenvalue weighted by atomic mass is 9.97.